The van der Waals surface area contributed by atoms with Crippen molar-refractivity contribution in [3.05, 3.63) is 70.1 Å². The molecule has 9 nitrogen and oxygen atoms in total. The molecule has 0 amide bonds. The second-order valence-electron chi connectivity index (χ2n) is 6.82. The van der Waals surface area contributed by atoms with Crippen molar-refractivity contribution in [1.29, 1.82) is 0 Å². The van der Waals surface area contributed by atoms with E-state index in [2.05, 4.69) is 10.2 Å². The van der Waals surface area contributed by atoms with Gasteiger partial charge in [-0.15, -0.1) is 22.0 Å². The van der Waals surface area contributed by atoms with Crippen molar-refractivity contribution in [1.82, 2.24) is 10.2 Å². The maximum Gasteiger partial charge on any atom is 0.339 e. The number of nitro groups is 1. The Kier molecular flexibility index (Phi) is 6.58. The van der Waals surface area contributed by atoms with Gasteiger partial charge in [0.1, 0.15) is 0 Å². The van der Waals surface area contributed by atoms with E-state index in [0.29, 0.717) is 11.1 Å². The Morgan fingerprint density at radius 2 is 2.00 bits per heavy atom. The molecule has 160 valence electrons. The highest BCUT2D eigenvalue weighted by atomic mass is 32.2. The molecule has 3 aromatic rings. The van der Waals surface area contributed by atoms with E-state index in [4.69, 9.17) is 13.9 Å². The molecule has 0 bridgehead atoms. The van der Waals surface area contributed by atoms with Crippen molar-refractivity contribution in [2.75, 3.05) is 12.4 Å². The zero-order valence-corrected chi connectivity index (χ0v) is 17.2. The van der Waals surface area contributed by atoms with Crippen molar-refractivity contribution >= 4 is 23.4 Å². The average Bonchev–Trinajstić information content (AvgIpc) is 3.48. The van der Waals surface area contributed by atoms with E-state index in [0.717, 1.165) is 30.1 Å². The fourth-order valence-corrected chi connectivity index (χ4v) is 4.19. The predicted octanol–water partition coefficient (Wildman–Crippen LogP) is 4.27. The normalized spacial score (nSPS) is 15.7. The zero-order chi connectivity index (χ0) is 21.6. The minimum atomic E-state index is -0.487. The third-order valence-electron chi connectivity index (χ3n) is 4.67. The first-order valence-electron chi connectivity index (χ1n) is 9.68. The highest BCUT2D eigenvalue weighted by Crippen LogP contribution is 2.27. The maximum atomic E-state index is 12.6. The smallest absolute Gasteiger partial charge is 0.339 e. The van der Waals surface area contributed by atoms with Crippen LogP contribution in [-0.2, 0) is 16.1 Å². The molecular weight excluding hydrogens is 422 g/mol. The second-order valence-corrected chi connectivity index (χ2v) is 7.89. The van der Waals surface area contributed by atoms with Gasteiger partial charge in [-0.05, 0) is 37.1 Å². The number of nitrogens with zero attached hydrogens (tertiary/aromatic N) is 3. The van der Waals surface area contributed by atoms with Gasteiger partial charge in [0.25, 0.3) is 11.6 Å². The lowest BCUT2D eigenvalue weighted by Gasteiger charge is -2.11. The third-order valence-corrected chi connectivity index (χ3v) is 5.88. The van der Waals surface area contributed by atoms with Crippen LogP contribution in [0.4, 0.5) is 5.69 Å². The summed E-state index contributed by atoms with van der Waals surface area (Å²) in [7, 11) is 0. The molecule has 0 saturated carbocycles. The molecular formula is C21H19N3O6S. The number of hydrogen-bond donors (Lipinski definition) is 0. The van der Waals surface area contributed by atoms with Gasteiger partial charge in [-0.25, -0.2) is 4.79 Å². The number of nitro benzene ring substituents is 1. The summed E-state index contributed by atoms with van der Waals surface area (Å²) >= 11 is 1.57. The van der Waals surface area contributed by atoms with Gasteiger partial charge in [0.15, 0.2) is 6.61 Å². The van der Waals surface area contributed by atoms with Crippen LogP contribution < -0.4 is 0 Å². The maximum absolute atomic E-state index is 12.6. The highest BCUT2D eigenvalue weighted by Gasteiger charge is 2.19. The van der Waals surface area contributed by atoms with Crippen molar-refractivity contribution in [2.24, 2.45) is 0 Å². The number of ether oxygens (including phenoxy) is 2. The molecule has 1 aliphatic heterocycles. The van der Waals surface area contributed by atoms with Crippen LogP contribution in [-0.4, -0.2) is 39.6 Å². The minimum Gasteiger partial charge on any atom is -0.452 e. The summed E-state index contributed by atoms with van der Waals surface area (Å²) in [4.78, 5) is 23.7. The molecule has 31 heavy (non-hydrogen) atoms. The number of benzene rings is 2. The monoisotopic (exact) mass is 441 g/mol. The van der Waals surface area contributed by atoms with E-state index in [-0.39, 0.29) is 30.2 Å². The van der Waals surface area contributed by atoms with Crippen LogP contribution in [0, 0.1) is 10.1 Å². The van der Waals surface area contributed by atoms with Gasteiger partial charge in [-0.1, -0.05) is 12.1 Å². The van der Waals surface area contributed by atoms with E-state index in [1.165, 1.54) is 24.3 Å². The van der Waals surface area contributed by atoms with E-state index >= 15 is 0 Å². The summed E-state index contributed by atoms with van der Waals surface area (Å²) in [6.07, 6.45) is 2.32. The SMILES string of the molecule is O=C(OCc1nnc(-c2ccc([N+](=O)[O-])cc2)o1)c1ccccc1SCC1CCCO1. The first-order valence-corrected chi connectivity index (χ1v) is 10.7. The van der Waals surface area contributed by atoms with Crippen LogP contribution in [0.5, 0.6) is 0 Å². The average molecular weight is 441 g/mol. The highest BCUT2D eigenvalue weighted by molar-refractivity contribution is 7.99. The summed E-state index contributed by atoms with van der Waals surface area (Å²) in [6, 6.07) is 13.0. The molecule has 1 aliphatic rings. The number of hydrogen-bond acceptors (Lipinski definition) is 9. The van der Waals surface area contributed by atoms with E-state index in [9.17, 15) is 14.9 Å². The van der Waals surface area contributed by atoms with E-state index < -0.39 is 10.9 Å². The van der Waals surface area contributed by atoms with Crippen LogP contribution >= 0.6 is 11.8 Å². The van der Waals surface area contributed by atoms with Crippen LogP contribution in [0.2, 0.25) is 0 Å². The molecule has 1 unspecified atom stereocenters. The van der Waals surface area contributed by atoms with Crippen LogP contribution in [0.3, 0.4) is 0 Å². The van der Waals surface area contributed by atoms with Crippen LogP contribution in [0.1, 0.15) is 29.1 Å². The van der Waals surface area contributed by atoms with Gasteiger partial charge in [0.2, 0.25) is 5.89 Å². The number of carbonyl (C=O) groups is 1. The molecule has 2 heterocycles. The molecule has 4 rings (SSSR count). The molecule has 0 aliphatic carbocycles. The Morgan fingerprint density at radius 3 is 2.74 bits per heavy atom. The summed E-state index contributed by atoms with van der Waals surface area (Å²) in [5, 5.41) is 18.5. The molecule has 0 spiro atoms. The Balaban J connectivity index is 1.36. The van der Waals surface area contributed by atoms with Crippen molar-refractivity contribution in [2.45, 2.75) is 30.4 Å². The number of aromatic nitrogens is 2. The fraction of sp³-hybridized carbons (Fsp3) is 0.286. The van der Waals surface area contributed by atoms with Crippen LogP contribution in [0.15, 0.2) is 57.8 Å². The largest absolute Gasteiger partial charge is 0.452 e. The molecule has 1 atom stereocenters. The molecule has 0 N–H and O–H groups in total. The first-order chi connectivity index (χ1) is 15.1. The fourth-order valence-electron chi connectivity index (χ4n) is 3.08. The van der Waals surface area contributed by atoms with Crippen molar-refractivity contribution in [3.63, 3.8) is 0 Å². The van der Waals surface area contributed by atoms with E-state index in [1.54, 1.807) is 23.9 Å². The Labute approximate surface area is 181 Å². The summed E-state index contributed by atoms with van der Waals surface area (Å²) in [5.74, 6) is 0.622. The Morgan fingerprint density at radius 1 is 1.19 bits per heavy atom. The van der Waals surface area contributed by atoms with Gasteiger partial charge in [-0.3, -0.25) is 10.1 Å². The Bertz CT molecular complexity index is 1060. The standard InChI is InChI=1S/C21H19N3O6S/c25-21(17-5-1-2-6-18(17)31-13-16-4-3-11-28-16)29-12-19-22-23-20(30-19)14-7-9-15(10-8-14)24(26)27/h1-2,5-10,16H,3-4,11-13H2. The van der Waals surface area contributed by atoms with Gasteiger partial charge in [-0.2, -0.15) is 0 Å². The number of carbonyl (C=O) groups excluding carboxylic acids is 1. The predicted molar refractivity (Wildman–Crippen MR) is 112 cm³/mol. The summed E-state index contributed by atoms with van der Waals surface area (Å²) < 4.78 is 16.5. The number of esters is 1. The molecule has 2 aromatic carbocycles. The van der Waals surface area contributed by atoms with Gasteiger partial charge >= 0.3 is 5.97 Å². The summed E-state index contributed by atoms with van der Waals surface area (Å²) in [5.41, 5.74) is 0.973. The van der Waals surface area contributed by atoms with Gasteiger partial charge in [0, 0.05) is 35.0 Å². The molecule has 1 fully saturated rings. The van der Waals surface area contributed by atoms with Gasteiger partial charge < -0.3 is 13.9 Å². The number of non-ortho nitro benzene ring substituents is 1. The molecule has 1 aromatic heterocycles. The molecule has 1 saturated heterocycles. The van der Waals surface area contributed by atoms with Crippen LogP contribution in [0.25, 0.3) is 11.5 Å². The molecule has 0 radical (unpaired) electrons. The lowest BCUT2D eigenvalue weighted by Crippen LogP contribution is -2.10. The lowest BCUT2D eigenvalue weighted by molar-refractivity contribution is -0.384. The quantitative estimate of drug-likeness (QED) is 0.218. The third kappa shape index (κ3) is 5.28. The second kappa shape index (κ2) is 9.71. The van der Waals surface area contributed by atoms with Crippen molar-refractivity contribution in [3.8, 4) is 11.5 Å². The summed E-state index contributed by atoms with van der Waals surface area (Å²) in [6.45, 7) is 0.616. The molecule has 10 heteroatoms. The number of rotatable bonds is 8. The topological polar surface area (TPSA) is 118 Å². The zero-order valence-electron chi connectivity index (χ0n) is 16.4. The number of thioether (sulfide) groups is 1. The Hall–Kier alpha value is -3.24. The van der Waals surface area contributed by atoms with Gasteiger partial charge in [0.05, 0.1) is 16.6 Å². The van der Waals surface area contributed by atoms with E-state index in [1.807, 2.05) is 12.1 Å². The lowest BCUT2D eigenvalue weighted by atomic mass is 10.2. The van der Waals surface area contributed by atoms with Crippen molar-refractivity contribution < 1.29 is 23.6 Å². The first kappa shape index (κ1) is 21.0. The minimum absolute atomic E-state index is 0.0338.